The molecule has 0 saturated carbocycles. The molecule has 0 bridgehead atoms. The molecule has 194 valence electrons. The molecule has 37 heavy (non-hydrogen) atoms. The average Bonchev–Trinajstić information content (AvgIpc) is 3.35. The molecule has 3 aromatic rings. The van der Waals surface area contributed by atoms with E-state index in [0.717, 1.165) is 29.8 Å². The van der Waals surface area contributed by atoms with Gasteiger partial charge in [0.25, 0.3) is 0 Å². The van der Waals surface area contributed by atoms with Crippen LogP contribution in [-0.2, 0) is 11.2 Å². The highest BCUT2D eigenvalue weighted by atomic mass is 32.1. The van der Waals surface area contributed by atoms with E-state index in [2.05, 4.69) is 21.7 Å². The second-order valence-electron chi connectivity index (χ2n) is 9.97. The van der Waals surface area contributed by atoms with Gasteiger partial charge >= 0.3 is 6.03 Å². The standard InChI is InChI=1S/C29H33FN4O2S/c1-20-5-3-8-24(17-20)31-29(36)34-15-14-33(19-21(34)2)27(35)10-13-32-12-9-26-25(11-16-37-26)28(32)22-6-4-7-23(30)18-22/h3-8,11,16-18,21,28H,9-10,12-15,19H2,1-2H3,(H,31,36). The fraction of sp³-hybridized carbons (Fsp3) is 0.379. The van der Waals surface area contributed by atoms with Gasteiger partial charge < -0.3 is 15.1 Å². The number of carbonyl (C=O) groups is 2. The summed E-state index contributed by atoms with van der Waals surface area (Å²) < 4.78 is 14.1. The molecule has 0 aliphatic carbocycles. The van der Waals surface area contributed by atoms with Crippen LogP contribution in [0.1, 0.15) is 41.0 Å². The second-order valence-corrected chi connectivity index (χ2v) is 11.0. The number of nitrogens with one attached hydrogen (secondary N) is 1. The molecule has 2 unspecified atom stereocenters. The van der Waals surface area contributed by atoms with Crippen LogP contribution < -0.4 is 5.32 Å². The van der Waals surface area contributed by atoms with Gasteiger partial charge in [0.15, 0.2) is 0 Å². The first-order valence-corrected chi connectivity index (χ1v) is 13.7. The van der Waals surface area contributed by atoms with E-state index < -0.39 is 0 Å². The van der Waals surface area contributed by atoms with Crippen LogP contribution in [0, 0.1) is 12.7 Å². The van der Waals surface area contributed by atoms with E-state index in [9.17, 15) is 14.0 Å². The SMILES string of the molecule is Cc1cccc(NC(=O)N2CCN(C(=O)CCN3CCc4sccc4C3c3cccc(F)c3)CC2C)c1. The Labute approximate surface area is 221 Å². The maximum Gasteiger partial charge on any atom is 0.322 e. The maximum atomic E-state index is 14.1. The highest BCUT2D eigenvalue weighted by Gasteiger charge is 2.32. The molecule has 1 N–H and O–H groups in total. The van der Waals surface area contributed by atoms with Crippen LogP contribution in [-0.4, -0.2) is 65.4 Å². The minimum absolute atomic E-state index is 0.0420. The molecule has 1 saturated heterocycles. The Morgan fingerprint density at radius 2 is 1.92 bits per heavy atom. The van der Waals surface area contributed by atoms with Gasteiger partial charge in [-0.25, -0.2) is 9.18 Å². The number of carbonyl (C=O) groups excluding carboxylic acids is 2. The summed E-state index contributed by atoms with van der Waals surface area (Å²) in [7, 11) is 0. The molecule has 6 nitrogen and oxygen atoms in total. The summed E-state index contributed by atoms with van der Waals surface area (Å²) in [6.07, 6.45) is 1.34. The normalized spacial score (nSPS) is 20.0. The molecule has 2 aliphatic heterocycles. The van der Waals surface area contributed by atoms with Gasteiger partial charge in [-0.15, -0.1) is 11.3 Å². The zero-order valence-corrected chi connectivity index (χ0v) is 22.1. The van der Waals surface area contributed by atoms with Gasteiger partial charge in [0.05, 0.1) is 6.04 Å². The first-order valence-electron chi connectivity index (χ1n) is 12.9. The minimum atomic E-state index is -0.242. The van der Waals surface area contributed by atoms with E-state index in [4.69, 9.17) is 0 Å². The summed E-state index contributed by atoms with van der Waals surface area (Å²) in [5, 5.41) is 5.08. The Hall–Kier alpha value is -3.23. The summed E-state index contributed by atoms with van der Waals surface area (Å²) >= 11 is 1.75. The molecule has 3 heterocycles. The number of urea groups is 1. The van der Waals surface area contributed by atoms with Crippen molar-refractivity contribution in [2.24, 2.45) is 0 Å². The number of nitrogens with zero attached hydrogens (tertiary/aromatic N) is 3. The molecule has 3 amide bonds. The molecule has 0 radical (unpaired) electrons. The van der Waals surface area contributed by atoms with Crippen LogP contribution in [0.4, 0.5) is 14.9 Å². The van der Waals surface area contributed by atoms with Gasteiger partial charge in [-0.2, -0.15) is 0 Å². The molecule has 0 spiro atoms. The summed E-state index contributed by atoms with van der Waals surface area (Å²) in [6, 6.07) is 16.4. The second kappa shape index (κ2) is 11.0. The molecule has 2 aliphatic rings. The van der Waals surface area contributed by atoms with Gasteiger partial charge in [0, 0.05) is 55.8 Å². The summed E-state index contributed by atoms with van der Waals surface area (Å²) in [4.78, 5) is 33.4. The lowest BCUT2D eigenvalue weighted by atomic mass is 9.93. The fourth-order valence-electron chi connectivity index (χ4n) is 5.48. The van der Waals surface area contributed by atoms with E-state index in [1.165, 1.54) is 16.5 Å². The van der Waals surface area contributed by atoms with Gasteiger partial charge in [-0.05, 0) is 72.7 Å². The minimum Gasteiger partial charge on any atom is -0.339 e. The number of fused-ring (bicyclic) bond motifs is 1. The van der Waals surface area contributed by atoms with Crippen molar-refractivity contribution in [1.29, 1.82) is 0 Å². The Bertz CT molecular complexity index is 1280. The Kier molecular flexibility index (Phi) is 7.58. The van der Waals surface area contributed by atoms with Crippen LogP contribution in [0.15, 0.2) is 60.0 Å². The summed E-state index contributed by atoms with van der Waals surface area (Å²) in [6.45, 7) is 6.96. The van der Waals surface area contributed by atoms with Gasteiger partial charge in [-0.3, -0.25) is 9.69 Å². The molecule has 1 aromatic heterocycles. The zero-order valence-electron chi connectivity index (χ0n) is 21.3. The third-order valence-corrected chi connectivity index (χ3v) is 8.35. The third-order valence-electron chi connectivity index (χ3n) is 7.35. The monoisotopic (exact) mass is 520 g/mol. The van der Waals surface area contributed by atoms with Crippen molar-refractivity contribution >= 4 is 29.0 Å². The van der Waals surface area contributed by atoms with Crippen LogP contribution in [0.25, 0.3) is 0 Å². The van der Waals surface area contributed by atoms with Crippen LogP contribution in [0.3, 0.4) is 0 Å². The Morgan fingerprint density at radius 3 is 2.70 bits per heavy atom. The Balaban J connectivity index is 1.19. The molecule has 2 aromatic carbocycles. The average molecular weight is 521 g/mol. The van der Waals surface area contributed by atoms with Gasteiger partial charge in [-0.1, -0.05) is 24.3 Å². The zero-order chi connectivity index (χ0) is 25.9. The van der Waals surface area contributed by atoms with Crippen LogP contribution >= 0.6 is 11.3 Å². The number of halogens is 1. The first-order chi connectivity index (χ1) is 17.9. The molecule has 2 atom stereocenters. The van der Waals surface area contributed by atoms with Crippen LogP contribution in [0.2, 0.25) is 0 Å². The van der Waals surface area contributed by atoms with Crippen molar-refractivity contribution in [3.8, 4) is 0 Å². The fourth-order valence-corrected chi connectivity index (χ4v) is 6.38. The lowest BCUT2D eigenvalue weighted by molar-refractivity contribution is -0.134. The van der Waals surface area contributed by atoms with E-state index in [-0.39, 0.29) is 29.8 Å². The number of anilines is 1. The van der Waals surface area contributed by atoms with Crippen molar-refractivity contribution in [3.63, 3.8) is 0 Å². The smallest absolute Gasteiger partial charge is 0.322 e. The van der Waals surface area contributed by atoms with Crippen LogP contribution in [0.5, 0.6) is 0 Å². The predicted octanol–water partition coefficient (Wildman–Crippen LogP) is 5.30. The molecule has 1 fully saturated rings. The van der Waals surface area contributed by atoms with Gasteiger partial charge in [0.1, 0.15) is 5.82 Å². The Morgan fingerprint density at radius 1 is 1.08 bits per heavy atom. The van der Waals surface area contributed by atoms with Gasteiger partial charge in [0.2, 0.25) is 5.91 Å². The number of hydrogen-bond donors (Lipinski definition) is 1. The number of piperazine rings is 1. The van der Waals surface area contributed by atoms with E-state index >= 15 is 0 Å². The largest absolute Gasteiger partial charge is 0.339 e. The lowest BCUT2D eigenvalue weighted by Crippen LogP contribution is -2.56. The molecule has 8 heteroatoms. The lowest BCUT2D eigenvalue weighted by Gasteiger charge is -2.40. The molecular weight excluding hydrogens is 487 g/mol. The third kappa shape index (κ3) is 5.70. The molecule has 5 rings (SSSR count). The maximum absolute atomic E-state index is 14.1. The summed E-state index contributed by atoms with van der Waals surface area (Å²) in [5.41, 5.74) is 4.01. The number of rotatable bonds is 5. The topological polar surface area (TPSA) is 55.9 Å². The molecular formula is C29H33FN4O2S. The van der Waals surface area contributed by atoms with Crippen molar-refractivity contribution in [1.82, 2.24) is 14.7 Å². The van der Waals surface area contributed by atoms with E-state index in [1.54, 1.807) is 28.4 Å². The quantitative estimate of drug-likeness (QED) is 0.497. The number of hydrogen-bond acceptors (Lipinski definition) is 4. The first kappa shape index (κ1) is 25.4. The van der Waals surface area contributed by atoms with Crippen molar-refractivity contribution in [2.45, 2.75) is 38.8 Å². The number of benzene rings is 2. The highest BCUT2D eigenvalue weighted by Crippen LogP contribution is 2.38. The van der Waals surface area contributed by atoms with E-state index in [1.807, 2.05) is 49.1 Å². The van der Waals surface area contributed by atoms with Crippen molar-refractivity contribution in [2.75, 3.05) is 38.0 Å². The number of thiophene rings is 1. The van der Waals surface area contributed by atoms with Crippen molar-refractivity contribution in [3.05, 3.63) is 87.4 Å². The highest BCUT2D eigenvalue weighted by molar-refractivity contribution is 7.10. The number of amides is 3. The predicted molar refractivity (Wildman–Crippen MR) is 145 cm³/mol. The summed E-state index contributed by atoms with van der Waals surface area (Å²) in [5.74, 6) is -0.145. The number of aryl methyl sites for hydroxylation is 1. The van der Waals surface area contributed by atoms with E-state index in [0.29, 0.717) is 32.6 Å². The van der Waals surface area contributed by atoms with Crippen molar-refractivity contribution < 1.29 is 14.0 Å².